The van der Waals surface area contributed by atoms with Gasteiger partial charge in [-0.25, -0.2) is 0 Å². The average molecular weight is 331 g/mol. The topological polar surface area (TPSA) is 27.7 Å². The van der Waals surface area contributed by atoms with Crippen molar-refractivity contribution in [1.29, 1.82) is 0 Å². The fraction of sp³-hybridized carbons (Fsp3) is 0.889. The minimum Gasteiger partial charge on any atom is -0.366 e. The Bertz CT molecular complexity index is 274. The summed E-state index contributed by atoms with van der Waals surface area (Å²) in [6.45, 7) is 14.9. The van der Waals surface area contributed by atoms with Crippen molar-refractivity contribution in [2.45, 2.75) is 83.7 Å². The monoisotopic (exact) mass is 330 g/mol. The van der Waals surface area contributed by atoms with Gasteiger partial charge in [0.1, 0.15) is 5.60 Å². The number of rotatable bonds is 15. The molecule has 22 heavy (non-hydrogen) atoms. The third-order valence-electron chi connectivity index (χ3n) is 4.23. The summed E-state index contributed by atoms with van der Waals surface area (Å²) >= 11 is 0. The molecule has 3 nitrogen and oxygen atoms in total. The molecule has 0 radical (unpaired) electrons. The Labute approximate surface area is 141 Å². The second-order valence-corrected chi connectivity index (χ2v) is 7.32. The second-order valence-electron chi connectivity index (χ2n) is 6.00. The zero-order valence-corrected chi connectivity index (χ0v) is 17.6. The van der Waals surface area contributed by atoms with E-state index >= 15 is 0 Å². The summed E-state index contributed by atoms with van der Waals surface area (Å²) in [4.78, 5) is 0. The highest BCUT2D eigenvalue weighted by Crippen LogP contribution is 2.34. The van der Waals surface area contributed by atoms with Crippen LogP contribution in [-0.4, -0.2) is 41.1 Å². The van der Waals surface area contributed by atoms with Crippen LogP contribution in [0.1, 0.15) is 72.6 Å². The zero-order chi connectivity index (χ0) is 16.9. The van der Waals surface area contributed by atoms with Gasteiger partial charge in [-0.15, -0.1) is 6.58 Å². The highest BCUT2D eigenvalue weighted by Gasteiger charge is 2.48. The maximum absolute atomic E-state index is 6.26. The molecule has 0 saturated carbocycles. The van der Waals surface area contributed by atoms with E-state index in [0.29, 0.717) is 0 Å². The van der Waals surface area contributed by atoms with Gasteiger partial charge in [-0.1, -0.05) is 53.0 Å². The molecule has 0 aliphatic rings. The Kier molecular flexibility index (Phi) is 12.2. The lowest BCUT2D eigenvalue weighted by molar-refractivity contribution is -0.270. The lowest BCUT2D eigenvalue weighted by Gasteiger charge is -2.46. The first-order valence-electron chi connectivity index (χ1n) is 9.11. The van der Waals surface area contributed by atoms with Gasteiger partial charge in [0.25, 0.3) is 0 Å². The van der Waals surface area contributed by atoms with E-state index < -0.39 is 11.0 Å². The van der Waals surface area contributed by atoms with E-state index in [-0.39, 0.29) is 0 Å². The quantitative estimate of drug-likeness (QED) is 0.198. The second kappa shape index (κ2) is 12.3. The molecule has 0 aromatic rings. The van der Waals surface area contributed by atoms with Crippen LogP contribution >= 0.6 is 0 Å². The normalized spacial score (nSPS) is 14.9. The van der Waals surface area contributed by atoms with Crippen LogP contribution in [0.2, 0.25) is 0 Å². The minimum absolute atomic E-state index is 0.532. The van der Waals surface area contributed by atoms with Crippen molar-refractivity contribution in [3.8, 4) is 0 Å². The standard InChI is InChI=1S/C18H38O3Si/c1-6-11-14-19-17(9-4,10-5)18(22,20-15-12-7-2)21-16-13-8-3/h9H,4,6-8,10-16H2,1-3,5,22H3. The Morgan fingerprint density at radius 3 is 1.55 bits per heavy atom. The van der Waals surface area contributed by atoms with Crippen molar-refractivity contribution in [3.05, 3.63) is 12.7 Å². The molecule has 0 heterocycles. The van der Waals surface area contributed by atoms with Gasteiger partial charge in [0, 0.05) is 19.8 Å². The Morgan fingerprint density at radius 1 is 0.818 bits per heavy atom. The smallest absolute Gasteiger partial charge is 0.172 e. The van der Waals surface area contributed by atoms with Crippen LogP contribution in [-0.2, 0) is 14.2 Å². The maximum atomic E-state index is 6.26. The highest BCUT2D eigenvalue weighted by atomic mass is 28.1. The molecule has 4 heteroatoms. The van der Waals surface area contributed by atoms with Crippen LogP contribution < -0.4 is 0 Å². The van der Waals surface area contributed by atoms with Crippen LogP contribution in [0.25, 0.3) is 0 Å². The SMILES string of the molecule is C=CC(CC)(OCCCC)C([SiH3])(OCCCC)OCCCC. The summed E-state index contributed by atoms with van der Waals surface area (Å²) in [5.74, 6) is 0. The number of unbranched alkanes of at least 4 members (excludes halogenated alkanes) is 3. The minimum atomic E-state index is -0.637. The summed E-state index contributed by atoms with van der Waals surface area (Å²) in [5.41, 5.74) is -1.17. The lowest BCUT2D eigenvalue weighted by atomic mass is 9.98. The van der Waals surface area contributed by atoms with Crippen LogP contribution in [0.15, 0.2) is 12.7 Å². The van der Waals surface area contributed by atoms with E-state index in [9.17, 15) is 0 Å². The van der Waals surface area contributed by atoms with E-state index in [0.717, 1.165) is 75.0 Å². The van der Waals surface area contributed by atoms with Gasteiger partial charge in [0.15, 0.2) is 5.41 Å². The highest BCUT2D eigenvalue weighted by molar-refractivity contribution is 6.14. The largest absolute Gasteiger partial charge is 0.366 e. The van der Waals surface area contributed by atoms with Crippen molar-refractivity contribution < 1.29 is 14.2 Å². The predicted octanol–water partition coefficient (Wildman–Crippen LogP) is 3.79. The summed E-state index contributed by atoms with van der Waals surface area (Å²) in [6, 6.07) is 0. The molecule has 1 unspecified atom stereocenters. The molecule has 0 bridgehead atoms. The van der Waals surface area contributed by atoms with Crippen LogP contribution in [0.3, 0.4) is 0 Å². The molecule has 0 aromatic heterocycles. The lowest BCUT2D eigenvalue weighted by Crippen LogP contribution is -2.59. The van der Waals surface area contributed by atoms with Gasteiger partial charge in [-0.3, -0.25) is 0 Å². The van der Waals surface area contributed by atoms with E-state index in [1.54, 1.807) is 0 Å². The van der Waals surface area contributed by atoms with Gasteiger partial charge >= 0.3 is 0 Å². The Balaban J connectivity index is 5.09. The zero-order valence-electron chi connectivity index (χ0n) is 15.6. The number of ether oxygens (including phenoxy) is 3. The van der Waals surface area contributed by atoms with Gasteiger partial charge in [-0.05, 0) is 25.7 Å². The first-order chi connectivity index (χ1) is 10.6. The fourth-order valence-corrected chi connectivity index (χ4v) is 3.56. The van der Waals surface area contributed by atoms with Crippen molar-refractivity contribution in [3.63, 3.8) is 0 Å². The van der Waals surface area contributed by atoms with E-state index in [1.807, 2.05) is 6.08 Å². The molecule has 0 aliphatic heterocycles. The van der Waals surface area contributed by atoms with Gasteiger partial charge in [-0.2, -0.15) is 0 Å². The summed E-state index contributed by atoms with van der Waals surface area (Å²) in [5, 5.41) is 0. The molecule has 0 aliphatic carbocycles. The summed E-state index contributed by atoms with van der Waals surface area (Å²) in [6.07, 6.45) is 9.25. The molecule has 0 amide bonds. The fourth-order valence-electron chi connectivity index (χ4n) is 2.45. The van der Waals surface area contributed by atoms with E-state index in [1.165, 1.54) is 0 Å². The van der Waals surface area contributed by atoms with Crippen LogP contribution in [0, 0.1) is 0 Å². The van der Waals surface area contributed by atoms with E-state index in [2.05, 4.69) is 34.3 Å². The van der Waals surface area contributed by atoms with Gasteiger partial charge in [0.2, 0.25) is 0 Å². The Morgan fingerprint density at radius 2 is 1.23 bits per heavy atom. The van der Waals surface area contributed by atoms with Gasteiger partial charge in [0.05, 0.1) is 10.2 Å². The molecule has 0 fully saturated rings. The third kappa shape index (κ3) is 6.53. The molecule has 0 aromatic carbocycles. The van der Waals surface area contributed by atoms with E-state index in [4.69, 9.17) is 14.2 Å². The maximum Gasteiger partial charge on any atom is 0.172 e. The molecule has 0 spiro atoms. The average Bonchev–Trinajstić information content (AvgIpc) is 2.52. The summed E-state index contributed by atoms with van der Waals surface area (Å²) < 4.78 is 18.7. The third-order valence-corrected chi connectivity index (χ3v) is 5.66. The van der Waals surface area contributed by atoms with Crippen LogP contribution in [0.5, 0.6) is 0 Å². The molecular weight excluding hydrogens is 292 g/mol. The van der Waals surface area contributed by atoms with Crippen molar-refractivity contribution in [2.75, 3.05) is 19.8 Å². The number of hydrogen-bond acceptors (Lipinski definition) is 3. The molecule has 0 rings (SSSR count). The van der Waals surface area contributed by atoms with Crippen molar-refractivity contribution in [2.24, 2.45) is 0 Å². The first-order valence-corrected chi connectivity index (χ1v) is 10.1. The Hall–Kier alpha value is -0.163. The molecular formula is C18H38O3Si. The summed E-state index contributed by atoms with van der Waals surface area (Å²) in [7, 11) is 0.756. The molecule has 1 atom stereocenters. The van der Waals surface area contributed by atoms with Crippen molar-refractivity contribution in [1.82, 2.24) is 0 Å². The molecule has 0 saturated heterocycles. The molecule has 132 valence electrons. The number of hydrogen-bond donors (Lipinski definition) is 0. The first kappa shape index (κ1) is 21.8. The van der Waals surface area contributed by atoms with Crippen molar-refractivity contribution >= 4 is 10.2 Å². The molecule has 0 N–H and O–H groups in total. The van der Waals surface area contributed by atoms with Crippen LogP contribution in [0.4, 0.5) is 0 Å². The predicted molar refractivity (Wildman–Crippen MR) is 98.5 cm³/mol. The van der Waals surface area contributed by atoms with Gasteiger partial charge < -0.3 is 14.2 Å².